The zero-order valence-electron chi connectivity index (χ0n) is 56.6. The van der Waals surface area contributed by atoms with E-state index in [0.717, 1.165) is 57.8 Å². The molecule has 534 valence electrons. The molecule has 3 fully saturated rings. The molecule has 3 heterocycles. The van der Waals surface area contributed by atoms with E-state index in [0.29, 0.717) is 12.8 Å². The van der Waals surface area contributed by atoms with Gasteiger partial charge in [-0.3, -0.25) is 4.79 Å². The Morgan fingerprint density at radius 3 is 1.13 bits per heavy atom. The van der Waals surface area contributed by atoms with Gasteiger partial charge < -0.3 is 89.9 Å². The third-order valence-electron chi connectivity index (χ3n) is 18.5. The minimum atomic E-state index is -1.97. The van der Waals surface area contributed by atoms with E-state index in [1.807, 2.05) is 0 Å². The van der Waals surface area contributed by atoms with Crippen LogP contribution in [-0.2, 0) is 33.2 Å². The molecule has 0 saturated carbocycles. The van der Waals surface area contributed by atoms with Crippen LogP contribution in [0.5, 0.6) is 0 Å². The van der Waals surface area contributed by atoms with Crippen molar-refractivity contribution in [2.45, 2.75) is 388 Å². The van der Waals surface area contributed by atoms with Crippen LogP contribution >= 0.6 is 0 Å². The van der Waals surface area contributed by atoms with E-state index in [9.17, 15) is 61.0 Å². The number of carbonyl (C=O) groups is 1. The number of allylic oxidation sites excluding steroid dienone is 6. The van der Waals surface area contributed by atoms with E-state index >= 15 is 0 Å². The molecule has 12 N–H and O–H groups in total. The lowest BCUT2D eigenvalue weighted by Gasteiger charge is -2.48. The SMILES string of the molecule is CCCCCCC/C=C\C/C=C\C/C=C\CCCCCCCCCCCCCCCCCCCCC(=O)NC(COC1OC(CO)C(OC2OC(CO)C(OC3OC(CO)C(O)C(O)C3O)C(O)C2O)C(O)C1O)C(O)CCCCCCCCCCCCCCC. The molecule has 0 spiro atoms. The fraction of sp³-hybridized carbons (Fsp3) is 0.903. The van der Waals surface area contributed by atoms with Gasteiger partial charge >= 0.3 is 0 Å². The fourth-order valence-corrected chi connectivity index (χ4v) is 12.5. The summed E-state index contributed by atoms with van der Waals surface area (Å²) < 4.78 is 34.4. The van der Waals surface area contributed by atoms with Crippen LogP contribution < -0.4 is 5.32 Å². The third-order valence-corrected chi connectivity index (χ3v) is 18.5. The first-order chi connectivity index (χ1) is 44.3. The summed E-state index contributed by atoms with van der Waals surface area (Å²) in [6.07, 6.45) is 36.7. The Morgan fingerprint density at radius 1 is 0.396 bits per heavy atom. The Balaban J connectivity index is 1.34. The predicted octanol–water partition coefficient (Wildman–Crippen LogP) is 10.4. The van der Waals surface area contributed by atoms with Gasteiger partial charge in [0.15, 0.2) is 18.9 Å². The number of hydrogen-bond acceptors (Lipinski definition) is 18. The maximum Gasteiger partial charge on any atom is 0.220 e. The number of unbranched alkanes of at least 4 members (excludes halogenated alkanes) is 35. The minimum absolute atomic E-state index is 0.240. The summed E-state index contributed by atoms with van der Waals surface area (Å²) in [7, 11) is 0. The average molecular weight is 1300 g/mol. The highest BCUT2D eigenvalue weighted by Gasteiger charge is 2.53. The van der Waals surface area contributed by atoms with E-state index in [4.69, 9.17) is 28.4 Å². The summed E-state index contributed by atoms with van der Waals surface area (Å²) in [5.41, 5.74) is 0. The van der Waals surface area contributed by atoms with E-state index < -0.39 is 124 Å². The van der Waals surface area contributed by atoms with E-state index in [1.54, 1.807) is 0 Å². The van der Waals surface area contributed by atoms with Gasteiger partial charge in [-0.05, 0) is 51.4 Å². The number of nitrogens with one attached hydrogen (secondary N) is 1. The molecule has 3 aliphatic heterocycles. The van der Waals surface area contributed by atoms with Gasteiger partial charge in [0.25, 0.3) is 0 Å². The van der Waals surface area contributed by atoms with Crippen LogP contribution in [0, 0.1) is 0 Å². The Labute approximate surface area is 549 Å². The number of aliphatic hydroxyl groups is 11. The van der Waals surface area contributed by atoms with Gasteiger partial charge in [-0.2, -0.15) is 0 Å². The molecule has 3 rings (SSSR count). The van der Waals surface area contributed by atoms with Crippen molar-refractivity contribution < 1.29 is 89.4 Å². The molecule has 19 nitrogen and oxygen atoms in total. The van der Waals surface area contributed by atoms with E-state index in [2.05, 4.69) is 55.6 Å². The number of rotatable bonds is 57. The normalized spacial score (nSPS) is 28.0. The molecule has 91 heavy (non-hydrogen) atoms. The summed E-state index contributed by atoms with van der Waals surface area (Å²) in [5.74, 6) is -0.240. The van der Waals surface area contributed by atoms with Gasteiger partial charge in [0.2, 0.25) is 5.91 Å². The van der Waals surface area contributed by atoms with Crippen LogP contribution in [-0.4, -0.2) is 193 Å². The summed E-state index contributed by atoms with van der Waals surface area (Å²) in [6.45, 7) is 1.80. The Hall–Kier alpha value is -1.99. The van der Waals surface area contributed by atoms with Crippen LogP contribution in [0.1, 0.15) is 284 Å². The lowest BCUT2D eigenvalue weighted by Crippen LogP contribution is -2.66. The monoisotopic (exact) mass is 1300 g/mol. The van der Waals surface area contributed by atoms with Gasteiger partial charge in [-0.1, -0.05) is 262 Å². The van der Waals surface area contributed by atoms with Crippen molar-refractivity contribution in [3.8, 4) is 0 Å². The van der Waals surface area contributed by atoms with Crippen molar-refractivity contribution in [2.24, 2.45) is 0 Å². The number of aliphatic hydroxyl groups excluding tert-OH is 11. The fourth-order valence-electron chi connectivity index (χ4n) is 12.5. The second kappa shape index (κ2) is 54.1. The quantitative estimate of drug-likeness (QED) is 0.0199. The lowest BCUT2D eigenvalue weighted by atomic mass is 9.96. The lowest BCUT2D eigenvalue weighted by molar-refractivity contribution is -0.379. The number of carbonyl (C=O) groups excluding carboxylic acids is 1. The highest BCUT2D eigenvalue weighted by Crippen LogP contribution is 2.33. The van der Waals surface area contributed by atoms with Crippen LogP contribution in [0.4, 0.5) is 0 Å². The Kier molecular flexibility index (Phi) is 49.5. The van der Waals surface area contributed by atoms with Crippen molar-refractivity contribution in [2.75, 3.05) is 26.4 Å². The van der Waals surface area contributed by atoms with Crippen molar-refractivity contribution >= 4 is 5.91 Å². The molecule has 19 heteroatoms. The third kappa shape index (κ3) is 35.7. The van der Waals surface area contributed by atoms with E-state index in [-0.39, 0.29) is 18.9 Å². The largest absolute Gasteiger partial charge is 0.394 e. The van der Waals surface area contributed by atoms with Crippen LogP contribution in [0.2, 0.25) is 0 Å². The van der Waals surface area contributed by atoms with Crippen molar-refractivity contribution in [3.63, 3.8) is 0 Å². The Bertz CT molecular complexity index is 1790. The molecule has 0 aromatic rings. The van der Waals surface area contributed by atoms with Crippen LogP contribution in [0.3, 0.4) is 0 Å². The zero-order chi connectivity index (χ0) is 66.1. The molecular weight excluding hydrogens is 1170 g/mol. The first kappa shape index (κ1) is 83.2. The van der Waals surface area contributed by atoms with Gasteiger partial charge in [-0.25, -0.2) is 0 Å². The first-order valence-electron chi connectivity index (χ1n) is 36.7. The molecule has 0 radical (unpaired) electrons. The molecule has 0 bridgehead atoms. The minimum Gasteiger partial charge on any atom is -0.394 e. The smallest absolute Gasteiger partial charge is 0.220 e. The van der Waals surface area contributed by atoms with Gasteiger partial charge in [0.05, 0.1) is 38.6 Å². The highest BCUT2D eigenvalue weighted by atomic mass is 16.8. The van der Waals surface area contributed by atoms with E-state index in [1.165, 1.54) is 193 Å². The molecule has 0 aromatic carbocycles. The molecule has 0 aromatic heterocycles. The topological polar surface area (TPSA) is 307 Å². The van der Waals surface area contributed by atoms with Crippen LogP contribution in [0.25, 0.3) is 0 Å². The number of amides is 1. The molecule has 3 aliphatic rings. The molecule has 17 atom stereocenters. The van der Waals surface area contributed by atoms with Gasteiger partial charge in [0, 0.05) is 6.42 Å². The maximum absolute atomic E-state index is 13.4. The summed E-state index contributed by atoms with van der Waals surface area (Å²) in [6, 6.07) is -0.885. The van der Waals surface area contributed by atoms with Crippen molar-refractivity contribution in [1.29, 1.82) is 0 Å². The van der Waals surface area contributed by atoms with Gasteiger partial charge in [0.1, 0.15) is 73.2 Å². The highest BCUT2D eigenvalue weighted by molar-refractivity contribution is 5.76. The molecule has 3 saturated heterocycles. The predicted molar refractivity (Wildman–Crippen MR) is 356 cm³/mol. The standard InChI is InChI=1S/C72H133NO18/c1-3-5-7-9-11-13-15-17-18-19-20-21-22-23-24-25-26-27-28-29-30-31-32-33-34-35-36-38-40-42-44-46-48-50-60(78)73-55(56(77)49-47-45-43-41-39-37-16-14-12-10-8-6-4-2)54-86-70-66(84)63(81)68(58(52-75)88-70)91-72-67(85)64(82)69(59(53-76)89-72)90-71-65(83)62(80)61(79)57(51-74)87-71/h15,17,19-20,22-23,55-59,61-72,74-77,79-85H,3-14,16,18,21,24-54H2,1-2H3,(H,73,78)/b17-15-,20-19-,23-22-. The molecule has 1 amide bonds. The number of hydrogen-bond donors (Lipinski definition) is 12. The second-order valence-corrected chi connectivity index (χ2v) is 26.4. The summed E-state index contributed by atoms with van der Waals surface area (Å²) in [4.78, 5) is 13.4. The molecule has 0 aliphatic carbocycles. The first-order valence-corrected chi connectivity index (χ1v) is 36.7. The van der Waals surface area contributed by atoms with Gasteiger partial charge in [-0.15, -0.1) is 0 Å². The average Bonchev–Trinajstić information content (AvgIpc) is 0.871. The summed E-state index contributed by atoms with van der Waals surface area (Å²) >= 11 is 0. The Morgan fingerprint density at radius 2 is 0.725 bits per heavy atom. The maximum atomic E-state index is 13.4. The van der Waals surface area contributed by atoms with Crippen molar-refractivity contribution in [1.82, 2.24) is 5.32 Å². The zero-order valence-corrected chi connectivity index (χ0v) is 56.6. The second-order valence-electron chi connectivity index (χ2n) is 26.4. The van der Waals surface area contributed by atoms with Crippen molar-refractivity contribution in [3.05, 3.63) is 36.5 Å². The number of ether oxygens (including phenoxy) is 6. The molecular formula is C72H133NO18. The summed E-state index contributed by atoms with van der Waals surface area (Å²) in [5, 5.41) is 121. The van der Waals surface area contributed by atoms with Crippen LogP contribution in [0.15, 0.2) is 36.5 Å². The molecule has 17 unspecified atom stereocenters.